The van der Waals surface area contributed by atoms with Gasteiger partial charge in [0, 0.05) is 20.1 Å². The van der Waals surface area contributed by atoms with Crippen molar-refractivity contribution in [3.8, 4) is 10.6 Å². The molecule has 136 valence electrons. The fraction of sp³-hybridized carbons (Fsp3) is 0.294. The Labute approximate surface area is 154 Å². The van der Waals surface area contributed by atoms with E-state index in [4.69, 9.17) is 5.11 Å². The molecule has 8 nitrogen and oxygen atoms in total. The van der Waals surface area contributed by atoms with Gasteiger partial charge < -0.3 is 15.3 Å². The first-order valence-electron chi connectivity index (χ1n) is 8.09. The van der Waals surface area contributed by atoms with Gasteiger partial charge >= 0.3 is 6.09 Å². The summed E-state index contributed by atoms with van der Waals surface area (Å²) in [4.78, 5) is 30.0. The Morgan fingerprint density at radius 2 is 2.12 bits per heavy atom. The van der Waals surface area contributed by atoms with Crippen molar-refractivity contribution >= 4 is 34.7 Å². The van der Waals surface area contributed by atoms with Gasteiger partial charge in [-0.15, -0.1) is 16.4 Å². The number of rotatable bonds is 7. The number of carbonyl (C=O) groups excluding carboxylic acids is 1. The molecule has 0 saturated heterocycles. The topological polar surface area (TPSA) is 99.8 Å². The molecule has 0 unspecified atom stereocenters. The molecule has 26 heavy (non-hydrogen) atoms. The first kappa shape index (κ1) is 17.9. The number of thiophene rings is 1. The van der Waals surface area contributed by atoms with Crippen LogP contribution in [-0.2, 0) is 0 Å². The summed E-state index contributed by atoms with van der Waals surface area (Å²) in [5, 5.41) is 15.6. The van der Waals surface area contributed by atoms with Crippen LogP contribution in [0.2, 0.25) is 0 Å². The molecule has 0 fully saturated rings. The predicted octanol–water partition coefficient (Wildman–Crippen LogP) is 2.75. The van der Waals surface area contributed by atoms with E-state index in [0.717, 1.165) is 22.0 Å². The Balaban J connectivity index is 1.81. The lowest BCUT2D eigenvalue weighted by atomic mass is 10.3. The fourth-order valence-corrected chi connectivity index (χ4v) is 3.42. The predicted molar refractivity (Wildman–Crippen MR) is 100 cm³/mol. The molecule has 1 amide bonds. The van der Waals surface area contributed by atoms with Crippen LogP contribution < -0.4 is 10.2 Å². The number of nitrogens with one attached hydrogen (secondary N) is 1. The minimum absolute atomic E-state index is 0.0402. The summed E-state index contributed by atoms with van der Waals surface area (Å²) < 4.78 is 1.76. The lowest BCUT2D eigenvalue weighted by Crippen LogP contribution is -2.27. The van der Waals surface area contributed by atoms with Crippen molar-refractivity contribution in [3.05, 3.63) is 35.3 Å². The fourth-order valence-electron chi connectivity index (χ4n) is 2.53. The third kappa shape index (κ3) is 3.83. The second-order valence-corrected chi connectivity index (χ2v) is 6.92. The van der Waals surface area contributed by atoms with Crippen molar-refractivity contribution in [2.45, 2.75) is 13.3 Å². The van der Waals surface area contributed by atoms with Gasteiger partial charge in [-0.05, 0) is 37.6 Å². The summed E-state index contributed by atoms with van der Waals surface area (Å²) in [7, 11) is 1.91. The van der Waals surface area contributed by atoms with E-state index >= 15 is 0 Å². The van der Waals surface area contributed by atoms with Crippen molar-refractivity contribution in [2.24, 2.45) is 0 Å². The normalized spacial score (nSPS) is 10.8. The van der Waals surface area contributed by atoms with E-state index in [0.29, 0.717) is 24.4 Å². The molecule has 0 bridgehead atoms. The SMILES string of the molecule is CC(=O)c1ccc(-c2cnc3ccc(N(C)CCCNC(=O)O)nn23)s1. The molecule has 3 rings (SSSR count). The molecule has 9 heteroatoms. The molecule has 0 aliphatic carbocycles. The summed E-state index contributed by atoms with van der Waals surface area (Å²) in [6, 6.07) is 7.48. The summed E-state index contributed by atoms with van der Waals surface area (Å²) in [5.74, 6) is 0.800. The molecule has 0 aromatic carbocycles. The average Bonchev–Trinajstić information content (AvgIpc) is 3.24. The molecule has 0 radical (unpaired) electrons. The van der Waals surface area contributed by atoms with Gasteiger partial charge in [0.25, 0.3) is 0 Å². The number of nitrogens with zero attached hydrogens (tertiary/aromatic N) is 4. The van der Waals surface area contributed by atoms with Gasteiger partial charge in [0.15, 0.2) is 11.4 Å². The van der Waals surface area contributed by atoms with E-state index in [1.54, 1.807) is 17.6 Å². The van der Waals surface area contributed by atoms with Crippen LogP contribution in [0.1, 0.15) is 23.0 Å². The Hall–Kier alpha value is -2.94. The standard InChI is InChI=1S/C17H19N5O3S/c1-11(23)13-4-5-14(26-13)12-10-19-15-6-7-16(20-22(12)15)21(2)9-3-8-18-17(24)25/h4-7,10,18H,3,8-9H2,1-2H3,(H,24,25). The minimum atomic E-state index is -1.02. The monoisotopic (exact) mass is 373 g/mol. The Morgan fingerprint density at radius 1 is 1.31 bits per heavy atom. The maximum Gasteiger partial charge on any atom is 0.404 e. The number of carbonyl (C=O) groups is 2. The number of hydrogen-bond acceptors (Lipinski definition) is 6. The Bertz CT molecular complexity index is 949. The third-order valence-corrected chi connectivity index (χ3v) is 5.10. The zero-order valence-electron chi connectivity index (χ0n) is 14.5. The summed E-state index contributed by atoms with van der Waals surface area (Å²) in [6.45, 7) is 2.60. The quantitative estimate of drug-likeness (QED) is 0.488. The van der Waals surface area contributed by atoms with Gasteiger partial charge in [-0.2, -0.15) is 0 Å². The summed E-state index contributed by atoms with van der Waals surface area (Å²) in [6.07, 6.45) is 1.40. The van der Waals surface area contributed by atoms with Crippen LogP contribution in [0.4, 0.5) is 10.6 Å². The number of aromatic nitrogens is 3. The highest BCUT2D eigenvalue weighted by molar-refractivity contribution is 7.17. The second-order valence-electron chi connectivity index (χ2n) is 5.83. The van der Waals surface area contributed by atoms with E-state index in [2.05, 4.69) is 15.4 Å². The number of anilines is 1. The van der Waals surface area contributed by atoms with Gasteiger partial charge in [0.1, 0.15) is 11.5 Å². The van der Waals surface area contributed by atoms with Crippen LogP contribution >= 0.6 is 11.3 Å². The van der Waals surface area contributed by atoms with E-state index < -0.39 is 6.09 Å². The summed E-state index contributed by atoms with van der Waals surface area (Å²) >= 11 is 1.42. The zero-order chi connectivity index (χ0) is 18.7. The molecule has 3 aromatic heterocycles. The van der Waals surface area contributed by atoms with Gasteiger partial charge in [0.05, 0.1) is 16.0 Å². The molecule has 0 spiro atoms. The van der Waals surface area contributed by atoms with Crippen LogP contribution in [0.25, 0.3) is 16.2 Å². The third-order valence-electron chi connectivity index (χ3n) is 3.89. The molecule has 0 aliphatic rings. The van der Waals surface area contributed by atoms with Gasteiger partial charge in [0.2, 0.25) is 0 Å². The van der Waals surface area contributed by atoms with Crippen molar-refractivity contribution in [2.75, 3.05) is 25.0 Å². The number of ketones is 1. The number of hydrogen-bond donors (Lipinski definition) is 2. The molecule has 3 heterocycles. The Morgan fingerprint density at radius 3 is 2.81 bits per heavy atom. The molecule has 2 N–H and O–H groups in total. The van der Waals surface area contributed by atoms with Crippen molar-refractivity contribution in [3.63, 3.8) is 0 Å². The first-order chi connectivity index (χ1) is 12.5. The average molecular weight is 373 g/mol. The van der Waals surface area contributed by atoms with Crippen LogP contribution in [0.15, 0.2) is 30.5 Å². The highest BCUT2D eigenvalue weighted by Crippen LogP contribution is 2.29. The first-order valence-corrected chi connectivity index (χ1v) is 8.91. The molecular formula is C17H19N5O3S. The molecule has 3 aromatic rings. The van der Waals surface area contributed by atoms with Crippen LogP contribution in [0, 0.1) is 0 Å². The Kier molecular flexibility index (Phi) is 5.17. The zero-order valence-corrected chi connectivity index (χ0v) is 15.3. The maximum atomic E-state index is 11.5. The molecule has 0 aliphatic heterocycles. The van der Waals surface area contributed by atoms with E-state index in [1.807, 2.05) is 36.2 Å². The lowest BCUT2D eigenvalue weighted by molar-refractivity contribution is 0.102. The van der Waals surface area contributed by atoms with Crippen molar-refractivity contribution in [1.82, 2.24) is 19.9 Å². The van der Waals surface area contributed by atoms with E-state index in [9.17, 15) is 9.59 Å². The van der Waals surface area contributed by atoms with Gasteiger partial charge in [-0.25, -0.2) is 14.3 Å². The van der Waals surface area contributed by atoms with Gasteiger partial charge in [-0.3, -0.25) is 4.79 Å². The number of fused-ring (bicyclic) bond motifs is 1. The van der Waals surface area contributed by atoms with E-state index in [-0.39, 0.29) is 5.78 Å². The summed E-state index contributed by atoms with van der Waals surface area (Å²) in [5.41, 5.74) is 1.56. The number of amides is 1. The van der Waals surface area contributed by atoms with Crippen LogP contribution in [0.5, 0.6) is 0 Å². The largest absolute Gasteiger partial charge is 0.465 e. The van der Waals surface area contributed by atoms with Crippen LogP contribution in [-0.4, -0.2) is 51.7 Å². The lowest BCUT2D eigenvalue weighted by Gasteiger charge is -2.18. The van der Waals surface area contributed by atoms with E-state index in [1.165, 1.54) is 11.3 Å². The van der Waals surface area contributed by atoms with Crippen molar-refractivity contribution < 1.29 is 14.7 Å². The maximum absolute atomic E-state index is 11.5. The minimum Gasteiger partial charge on any atom is -0.465 e. The molecular weight excluding hydrogens is 354 g/mol. The number of imidazole rings is 1. The van der Waals surface area contributed by atoms with Crippen LogP contribution in [0.3, 0.4) is 0 Å². The second kappa shape index (κ2) is 7.52. The van der Waals surface area contributed by atoms with Crippen molar-refractivity contribution in [1.29, 1.82) is 0 Å². The number of carboxylic acid groups (broad SMARTS) is 1. The highest BCUT2D eigenvalue weighted by atomic mass is 32.1. The van der Waals surface area contributed by atoms with Gasteiger partial charge in [-0.1, -0.05) is 0 Å². The number of Topliss-reactive ketones (excluding diaryl/α,β-unsaturated/α-hetero) is 1. The smallest absolute Gasteiger partial charge is 0.404 e. The molecule has 0 atom stereocenters. The highest BCUT2D eigenvalue weighted by Gasteiger charge is 2.13. The molecule has 0 saturated carbocycles.